The highest BCUT2D eigenvalue weighted by molar-refractivity contribution is 8.18. The topological polar surface area (TPSA) is 84.9 Å². The van der Waals surface area contributed by atoms with E-state index in [1.807, 2.05) is 24.4 Å². The second kappa shape index (κ2) is 10.3. The number of benzene rings is 1. The molecule has 30 heavy (non-hydrogen) atoms. The number of rotatable bonds is 9. The number of amides is 3. The molecule has 0 spiro atoms. The summed E-state index contributed by atoms with van der Waals surface area (Å²) in [7, 11) is 1.54. The highest BCUT2D eigenvalue weighted by Crippen LogP contribution is 2.34. The van der Waals surface area contributed by atoms with Crippen LogP contribution in [0.25, 0.3) is 6.08 Å². The molecule has 3 rings (SSSR count). The van der Waals surface area contributed by atoms with Crippen LogP contribution in [0, 0.1) is 0 Å². The molecule has 1 aromatic heterocycles. The average Bonchev–Trinajstić information content (AvgIpc) is 3.32. The lowest BCUT2D eigenvalue weighted by Gasteiger charge is -2.13. The SMILES string of the molecule is CCOc1ccc(/C=C2\SC(=O)N(CCNC(=O)Cc3cccs3)C2=O)cc1OC. The summed E-state index contributed by atoms with van der Waals surface area (Å²) in [4.78, 5) is 39.3. The monoisotopic (exact) mass is 446 g/mol. The molecule has 2 aromatic rings. The minimum atomic E-state index is -0.370. The van der Waals surface area contributed by atoms with Crippen molar-refractivity contribution in [3.05, 3.63) is 51.1 Å². The summed E-state index contributed by atoms with van der Waals surface area (Å²) in [5, 5.41) is 4.31. The molecule has 0 atom stereocenters. The van der Waals surface area contributed by atoms with Gasteiger partial charge in [-0.2, -0.15) is 0 Å². The van der Waals surface area contributed by atoms with Gasteiger partial charge in [-0.15, -0.1) is 11.3 Å². The first-order chi connectivity index (χ1) is 14.5. The Morgan fingerprint density at radius 3 is 2.77 bits per heavy atom. The summed E-state index contributed by atoms with van der Waals surface area (Å²) >= 11 is 2.39. The predicted molar refractivity (Wildman–Crippen MR) is 118 cm³/mol. The van der Waals surface area contributed by atoms with E-state index in [-0.39, 0.29) is 30.1 Å². The molecule has 0 unspecified atom stereocenters. The fraction of sp³-hybridized carbons (Fsp3) is 0.286. The zero-order valence-electron chi connectivity index (χ0n) is 16.7. The first kappa shape index (κ1) is 21.9. The minimum Gasteiger partial charge on any atom is -0.493 e. The van der Waals surface area contributed by atoms with E-state index in [0.29, 0.717) is 29.4 Å². The lowest BCUT2D eigenvalue weighted by molar-refractivity contribution is -0.124. The van der Waals surface area contributed by atoms with E-state index in [1.165, 1.54) is 11.3 Å². The van der Waals surface area contributed by atoms with Crippen molar-refractivity contribution < 1.29 is 23.9 Å². The molecule has 1 aliphatic rings. The Labute approximate surface area is 183 Å². The van der Waals surface area contributed by atoms with E-state index in [2.05, 4.69) is 5.32 Å². The first-order valence-corrected chi connectivity index (χ1v) is 11.1. The number of nitrogens with one attached hydrogen (secondary N) is 1. The van der Waals surface area contributed by atoms with Crippen LogP contribution in [0.2, 0.25) is 0 Å². The Bertz CT molecular complexity index is 956. The molecule has 7 nitrogen and oxygen atoms in total. The largest absolute Gasteiger partial charge is 0.493 e. The van der Waals surface area contributed by atoms with Crippen LogP contribution in [0.5, 0.6) is 11.5 Å². The van der Waals surface area contributed by atoms with E-state index in [1.54, 1.807) is 31.4 Å². The Hall–Kier alpha value is -2.78. The molecule has 3 amide bonds. The minimum absolute atomic E-state index is 0.130. The molecule has 0 aliphatic carbocycles. The number of hydrogen-bond acceptors (Lipinski definition) is 7. The van der Waals surface area contributed by atoms with Crippen molar-refractivity contribution in [1.82, 2.24) is 10.2 Å². The van der Waals surface area contributed by atoms with Crippen LogP contribution in [0.15, 0.2) is 40.6 Å². The standard InChI is InChI=1S/C21H22N2O5S2/c1-3-28-16-7-6-14(11-17(16)27-2)12-18-20(25)23(21(26)30-18)9-8-22-19(24)13-15-5-4-10-29-15/h4-7,10-12H,3,8-9,13H2,1-2H3,(H,22,24)/b18-12-. The Kier molecular flexibility index (Phi) is 7.53. The predicted octanol–water partition coefficient (Wildman–Crippen LogP) is 3.55. The van der Waals surface area contributed by atoms with Gasteiger partial charge in [0, 0.05) is 18.0 Å². The summed E-state index contributed by atoms with van der Waals surface area (Å²) < 4.78 is 10.8. The third kappa shape index (κ3) is 5.43. The lowest BCUT2D eigenvalue weighted by atomic mass is 10.2. The Balaban J connectivity index is 1.59. The number of carbonyl (C=O) groups excluding carboxylic acids is 3. The van der Waals surface area contributed by atoms with Crippen molar-refractivity contribution in [2.75, 3.05) is 26.8 Å². The molecule has 1 aliphatic heterocycles. The van der Waals surface area contributed by atoms with Gasteiger partial charge in [-0.05, 0) is 53.9 Å². The van der Waals surface area contributed by atoms with Crippen LogP contribution < -0.4 is 14.8 Å². The van der Waals surface area contributed by atoms with Crippen molar-refractivity contribution in [2.24, 2.45) is 0 Å². The maximum absolute atomic E-state index is 12.6. The van der Waals surface area contributed by atoms with Gasteiger partial charge >= 0.3 is 0 Å². The number of imide groups is 1. The molecule has 0 bridgehead atoms. The Morgan fingerprint density at radius 2 is 2.07 bits per heavy atom. The van der Waals surface area contributed by atoms with Crippen LogP contribution in [0.3, 0.4) is 0 Å². The van der Waals surface area contributed by atoms with E-state index < -0.39 is 0 Å². The lowest BCUT2D eigenvalue weighted by Crippen LogP contribution is -2.37. The fourth-order valence-electron chi connectivity index (χ4n) is 2.83. The molecule has 1 aromatic carbocycles. The van der Waals surface area contributed by atoms with E-state index in [0.717, 1.165) is 27.1 Å². The zero-order valence-corrected chi connectivity index (χ0v) is 18.3. The first-order valence-electron chi connectivity index (χ1n) is 9.37. The number of hydrogen-bond donors (Lipinski definition) is 1. The molecule has 1 saturated heterocycles. The number of ether oxygens (including phenoxy) is 2. The fourth-order valence-corrected chi connectivity index (χ4v) is 4.40. The maximum atomic E-state index is 12.6. The van der Waals surface area contributed by atoms with Gasteiger partial charge in [-0.1, -0.05) is 12.1 Å². The number of thiophene rings is 1. The van der Waals surface area contributed by atoms with Gasteiger partial charge in [0.25, 0.3) is 11.1 Å². The van der Waals surface area contributed by atoms with Crippen LogP contribution in [-0.4, -0.2) is 48.8 Å². The third-order valence-electron chi connectivity index (χ3n) is 4.23. The third-order valence-corrected chi connectivity index (χ3v) is 6.02. The van der Waals surface area contributed by atoms with Crippen molar-refractivity contribution in [3.8, 4) is 11.5 Å². The van der Waals surface area contributed by atoms with Crippen LogP contribution in [0.1, 0.15) is 17.4 Å². The summed E-state index contributed by atoms with van der Waals surface area (Å²) in [6, 6.07) is 9.10. The van der Waals surface area contributed by atoms with Gasteiger partial charge in [0.05, 0.1) is 25.0 Å². The number of methoxy groups -OCH3 is 1. The van der Waals surface area contributed by atoms with Crippen molar-refractivity contribution in [1.29, 1.82) is 0 Å². The van der Waals surface area contributed by atoms with Crippen LogP contribution in [-0.2, 0) is 16.0 Å². The highest BCUT2D eigenvalue weighted by atomic mass is 32.2. The summed E-state index contributed by atoms with van der Waals surface area (Å²) in [6.07, 6.45) is 1.94. The smallest absolute Gasteiger partial charge is 0.293 e. The Morgan fingerprint density at radius 1 is 1.23 bits per heavy atom. The number of thioether (sulfide) groups is 1. The zero-order chi connectivity index (χ0) is 21.5. The summed E-state index contributed by atoms with van der Waals surface area (Å²) in [6.45, 7) is 2.74. The number of nitrogens with zero attached hydrogens (tertiary/aromatic N) is 1. The van der Waals surface area contributed by atoms with Crippen LogP contribution in [0.4, 0.5) is 4.79 Å². The summed E-state index contributed by atoms with van der Waals surface area (Å²) in [5.41, 5.74) is 0.727. The van der Waals surface area contributed by atoms with Crippen LogP contribution >= 0.6 is 23.1 Å². The molecule has 0 saturated carbocycles. The van der Waals surface area contributed by atoms with E-state index in [4.69, 9.17) is 9.47 Å². The quantitative estimate of drug-likeness (QED) is 0.593. The van der Waals surface area contributed by atoms with E-state index >= 15 is 0 Å². The van der Waals surface area contributed by atoms with Gasteiger partial charge in [0.15, 0.2) is 11.5 Å². The molecule has 0 radical (unpaired) electrons. The molecule has 158 valence electrons. The van der Waals surface area contributed by atoms with Crippen molar-refractivity contribution in [2.45, 2.75) is 13.3 Å². The molecular weight excluding hydrogens is 424 g/mol. The molecule has 1 N–H and O–H groups in total. The average molecular weight is 447 g/mol. The normalized spacial score (nSPS) is 15.0. The highest BCUT2D eigenvalue weighted by Gasteiger charge is 2.34. The molecule has 1 fully saturated rings. The molecular formula is C21H22N2O5S2. The second-order valence-corrected chi connectivity index (χ2v) is 8.31. The summed E-state index contributed by atoms with van der Waals surface area (Å²) in [5.74, 6) is 0.661. The molecule has 9 heteroatoms. The van der Waals surface area contributed by atoms with Crippen molar-refractivity contribution in [3.63, 3.8) is 0 Å². The van der Waals surface area contributed by atoms with Gasteiger partial charge in [-0.3, -0.25) is 19.3 Å². The van der Waals surface area contributed by atoms with Gasteiger partial charge < -0.3 is 14.8 Å². The second-order valence-electron chi connectivity index (χ2n) is 6.28. The molecule has 2 heterocycles. The van der Waals surface area contributed by atoms with Gasteiger partial charge in [-0.25, -0.2) is 0 Å². The van der Waals surface area contributed by atoms with Gasteiger partial charge in [0.1, 0.15) is 0 Å². The number of carbonyl (C=O) groups is 3. The van der Waals surface area contributed by atoms with E-state index in [9.17, 15) is 14.4 Å². The maximum Gasteiger partial charge on any atom is 0.293 e. The van der Waals surface area contributed by atoms with Gasteiger partial charge in [0.2, 0.25) is 5.91 Å². The van der Waals surface area contributed by atoms with Crippen molar-refractivity contribution >= 4 is 46.2 Å².